The predicted octanol–water partition coefficient (Wildman–Crippen LogP) is 1.97. The Kier molecular flexibility index (Phi) is 2.23. The van der Waals surface area contributed by atoms with Gasteiger partial charge in [-0.25, -0.2) is 0 Å². The summed E-state index contributed by atoms with van der Waals surface area (Å²) in [5, 5.41) is 9.12. The molecule has 14 heavy (non-hydrogen) atoms. The van der Waals surface area contributed by atoms with Crippen LogP contribution in [0.25, 0.3) is 0 Å². The minimum atomic E-state index is -0.741. The SMILES string of the molecule is Cc1cccnc1C(C(=O)O)C1CC1. The van der Waals surface area contributed by atoms with Crippen molar-refractivity contribution in [2.75, 3.05) is 0 Å². The van der Waals surface area contributed by atoms with Gasteiger partial charge < -0.3 is 5.11 Å². The third kappa shape index (κ3) is 1.62. The molecule has 2 rings (SSSR count). The fraction of sp³-hybridized carbons (Fsp3) is 0.455. The molecule has 1 aliphatic carbocycles. The van der Waals surface area contributed by atoms with Crippen molar-refractivity contribution >= 4 is 5.97 Å². The first-order chi connectivity index (χ1) is 6.70. The molecule has 0 aliphatic heterocycles. The fourth-order valence-electron chi connectivity index (χ4n) is 1.79. The van der Waals surface area contributed by atoms with Gasteiger partial charge in [-0.05, 0) is 37.3 Å². The number of carbonyl (C=O) groups is 1. The van der Waals surface area contributed by atoms with Crippen LogP contribution >= 0.6 is 0 Å². The van der Waals surface area contributed by atoms with Crippen LogP contribution in [0.5, 0.6) is 0 Å². The first-order valence-electron chi connectivity index (χ1n) is 4.84. The second-order valence-electron chi connectivity index (χ2n) is 3.86. The van der Waals surface area contributed by atoms with E-state index in [1.54, 1.807) is 6.20 Å². The zero-order valence-corrected chi connectivity index (χ0v) is 8.10. The monoisotopic (exact) mass is 191 g/mol. The van der Waals surface area contributed by atoms with E-state index in [-0.39, 0.29) is 0 Å². The lowest BCUT2D eigenvalue weighted by molar-refractivity contribution is -0.139. The maximum absolute atomic E-state index is 11.1. The lowest BCUT2D eigenvalue weighted by Crippen LogP contribution is -2.16. The summed E-state index contributed by atoms with van der Waals surface area (Å²) in [5.41, 5.74) is 1.72. The van der Waals surface area contributed by atoms with Crippen molar-refractivity contribution in [2.24, 2.45) is 5.92 Å². The minimum absolute atomic E-state index is 0.307. The van der Waals surface area contributed by atoms with Gasteiger partial charge in [-0.15, -0.1) is 0 Å². The highest BCUT2D eigenvalue weighted by molar-refractivity contribution is 5.76. The Morgan fingerprint density at radius 1 is 1.64 bits per heavy atom. The van der Waals surface area contributed by atoms with E-state index in [1.165, 1.54) is 0 Å². The number of aryl methyl sites for hydroxylation is 1. The van der Waals surface area contributed by atoms with Crippen LogP contribution in [0.15, 0.2) is 18.3 Å². The Balaban J connectivity index is 2.35. The number of nitrogens with zero attached hydrogens (tertiary/aromatic N) is 1. The van der Waals surface area contributed by atoms with E-state index in [0.29, 0.717) is 5.92 Å². The largest absolute Gasteiger partial charge is 0.481 e. The third-order valence-electron chi connectivity index (χ3n) is 2.70. The number of carboxylic acids is 1. The van der Waals surface area contributed by atoms with Crippen LogP contribution in [0.2, 0.25) is 0 Å². The van der Waals surface area contributed by atoms with Crippen molar-refractivity contribution in [3.63, 3.8) is 0 Å². The lowest BCUT2D eigenvalue weighted by Gasteiger charge is -2.12. The fourth-order valence-corrected chi connectivity index (χ4v) is 1.79. The minimum Gasteiger partial charge on any atom is -0.481 e. The molecule has 1 fully saturated rings. The van der Waals surface area contributed by atoms with Crippen LogP contribution in [0.3, 0.4) is 0 Å². The van der Waals surface area contributed by atoms with Crippen molar-refractivity contribution < 1.29 is 9.90 Å². The zero-order chi connectivity index (χ0) is 10.1. The topological polar surface area (TPSA) is 50.2 Å². The van der Waals surface area contributed by atoms with Crippen molar-refractivity contribution in [2.45, 2.75) is 25.7 Å². The molecular formula is C11H13NO2. The molecule has 1 aliphatic rings. The van der Waals surface area contributed by atoms with Crippen LogP contribution in [0, 0.1) is 12.8 Å². The molecule has 1 saturated carbocycles. The molecule has 1 aromatic rings. The van der Waals surface area contributed by atoms with Crippen LogP contribution in [0.1, 0.15) is 30.0 Å². The van der Waals surface area contributed by atoms with E-state index in [2.05, 4.69) is 4.98 Å². The van der Waals surface area contributed by atoms with Gasteiger partial charge in [0.25, 0.3) is 0 Å². The highest BCUT2D eigenvalue weighted by Crippen LogP contribution is 2.42. The van der Waals surface area contributed by atoms with E-state index < -0.39 is 11.9 Å². The second-order valence-corrected chi connectivity index (χ2v) is 3.86. The van der Waals surface area contributed by atoms with Gasteiger partial charge in [0.2, 0.25) is 0 Å². The molecule has 0 radical (unpaired) electrons. The summed E-state index contributed by atoms with van der Waals surface area (Å²) in [6.07, 6.45) is 3.71. The first kappa shape index (κ1) is 9.19. The Bertz CT molecular complexity index is 358. The van der Waals surface area contributed by atoms with Crippen molar-refractivity contribution in [1.82, 2.24) is 4.98 Å². The number of carboxylic acid groups (broad SMARTS) is 1. The quantitative estimate of drug-likeness (QED) is 0.794. The summed E-state index contributed by atoms with van der Waals surface area (Å²) < 4.78 is 0. The highest BCUT2D eigenvalue weighted by atomic mass is 16.4. The molecule has 3 nitrogen and oxygen atoms in total. The molecule has 1 heterocycles. The summed E-state index contributed by atoms with van der Waals surface area (Å²) >= 11 is 0. The van der Waals surface area contributed by atoms with Gasteiger partial charge >= 0.3 is 5.97 Å². The number of rotatable bonds is 3. The van der Waals surface area contributed by atoms with Crippen molar-refractivity contribution in [3.05, 3.63) is 29.6 Å². The zero-order valence-electron chi connectivity index (χ0n) is 8.10. The van der Waals surface area contributed by atoms with Crippen LogP contribution in [-0.4, -0.2) is 16.1 Å². The van der Waals surface area contributed by atoms with Gasteiger partial charge in [0, 0.05) is 6.20 Å². The summed E-state index contributed by atoms with van der Waals surface area (Å²) in [5.74, 6) is -0.827. The normalized spacial score (nSPS) is 17.8. The Labute approximate surface area is 82.8 Å². The van der Waals surface area contributed by atoms with Crippen molar-refractivity contribution in [3.8, 4) is 0 Å². The third-order valence-corrected chi connectivity index (χ3v) is 2.70. The molecule has 1 atom stereocenters. The molecule has 0 bridgehead atoms. The van der Waals surface area contributed by atoms with E-state index >= 15 is 0 Å². The van der Waals surface area contributed by atoms with Gasteiger partial charge in [0.05, 0.1) is 5.69 Å². The average Bonchev–Trinajstić information content (AvgIpc) is 2.92. The Morgan fingerprint density at radius 2 is 2.36 bits per heavy atom. The highest BCUT2D eigenvalue weighted by Gasteiger charge is 2.38. The van der Waals surface area contributed by atoms with Gasteiger partial charge in [-0.1, -0.05) is 6.07 Å². The number of pyridine rings is 1. The lowest BCUT2D eigenvalue weighted by atomic mass is 9.96. The van der Waals surface area contributed by atoms with Crippen LogP contribution < -0.4 is 0 Å². The molecule has 0 aromatic carbocycles. The second kappa shape index (κ2) is 3.40. The number of aliphatic carboxylic acids is 1. The Morgan fingerprint density at radius 3 is 2.86 bits per heavy atom. The predicted molar refractivity (Wildman–Crippen MR) is 52.1 cm³/mol. The van der Waals surface area contributed by atoms with Crippen molar-refractivity contribution in [1.29, 1.82) is 0 Å². The van der Waals surface area contributed by atoms with Gasteiger partial charge in [-0.3, -0.25) is 9.78 Å². The molecule has 0 spiro atoms. The van der Waals surface area contributed by atoms with Crippen LogP contribution in [0.4, 0.5) is 0 Å². The van der Waals surface area contributed by atoms with Gasteiger partial charge in [-0.2, -0.15) is 0 Å². The Hall–Kier alpha value is -1.38. The molecular weight excluding hydrogens is 178 g/mol. The summed E-state index contributed by atoms with van der Waals surface area (Å²) in [4.78, 5) is 15.3. The molecule has 3 heteroatoms. The molecule has 74 valence electrons. The number of hydrogen-bond donors (Lipinski definition) is 1. The summed E-state index contributed by atoms with van der Waals surface area (Å²) in [6, 6.07) is 3.76. The molecule has 1 N–H and O–H groups in total. The molecule has 0 amide bonds. The molecule has 1 aromatic heterocycles. The average molecular weight is 191 g/mol. The van der Waals surface area contributed by atoms with E-state index in [0.717, 1.165) is 24.1 Å². The van der Waals surface area contributed by atoms with E-state index in [1.807, 2.05) is 19.1 Å². The maximum atomic E-state index is 11.1. The van der Waals surface area contributed by atoms with Gasteiger partial charge in [0.1, 0.15) is 5.92 Å². The number of hydrogen-bond acceptors (Lipinski definition) is 2. The molecule has 1 unspecified atom stereocenters. The molecule has 0 saturated heterocycles. The smallest absolute Gasteiger partial charge is 0.312 e. The maximum Gasteiger partial charge on any atom is 0.312 e. The number of aromatic nitrogens is 1. The van der Waals surface area contributed by atoms with Crippen LogP contribution in [-0.2, 0) is 4.79 Å². The summed E-state index contributed by atoms with van der Waals surface area (Å²) in [7, 11) is 0. The van der Waals surface area contributed by atoms with Gasteiger partial charge in [0.15, 0.2) is 0 Å². The van der Waals surface area contributed by atoms with E-state index in [4.69, 9.17) is 5.11 Å². The summed E-state index contributed by atoms with van der Waals surface area (Å²) in [6.45, 7) is 1.92. The van der Waals surface area contributed by atoms with E-state index in [9.17, 15) is 4.79 Å². The first-order valence-corrected chi connectivity index (χ1v) is 4.84. The standard InChI is InChI=1S/C11H13NO2/c1-7-3-2-6-12-10(7)9(11(13)14)8-4-5-8/h2-3,6,8-9H,4-5H2,1H3,(H,13,14).